The maximum atomic E-state index is 5.70. The van der Waals surface area contributed by atoms with Gasteiger partial charge in [-0.3, -0.25) is 0 Å². The summed E-state index contributed by atoms with van der Waals surface area (Å²) in [5.41, 5.74) is 0. The molecule has 0 saturated carbocycles. The van der Waals surface area contributed by atoms with Crippen LogP contribution in [0.15, 0.2) is 0 Å². The number of nitrogens with one attached hydrogen (secondary N) is 1. The summed E-state index contributed by atoms with van der Waals surface area (Å²) in [5, 5.41) is 3.09. The molecule has 7 heteroatoms. The van der Waals surface area contributed by atoms with Crippen molar-refractivity contribution in [3.8, 4) is 6.01 Å². The number of nitrogens with zero attached hydrogens (tertiary/aromatic N) is 3. The molecular formula is C10H17ClN4O2. The molecule has 1 aromatic heterocycles. The first-order chi connectivity index (χ1) is 8.26. The van der Waals surface area contributed by atoms with Crippen molar-refractivity contribution < 1.29 is 9.47 Å². The second-order valence-electron chi connectivity index (χ2n) is 3.31. The van der Waals surface area contributed by atoms with Crippen LogP contribution in [0.3, 0.4) is 0 Å². The Bertz CT molecular complexity index is 338. The van der Waals surface area contributed by atoms with Gasteiger partial charge in [-0.15, -0.1) is 0 Å². The average molecular weight is 261 g/mol. The first kappa shape index (κ1) is 13.9. The predicted octanol–water partition coefficient (Wildman–Crippen LogP) is 1.76. The molecular weight excluding hydrogens is 244 g/mol. The summed E-state index contributed by atoms with van der Waals surface area (Å²) in [6.07, 6.45) is 2.21. The van der Waals surface area contributed by atoms with Gasteiger partial charge in [-0.25, -0.2) is 0 Å². The van der Waals surface area contributed by atoms with E-state index in [0.29, 0.717) is 19.1 Å². The molecule has 1 N–H and O–H groups in total. The molecule has 0 unspecified atom stereocenters. The Morgan fingerprint density at radius 2 is 2.06 bits per heavy atom. The van der Waals surface area contributed by atoms with Crippen molar-refractivity contribution >= 4 is 17.5 Å². The summed E-state index contributed by atoms with van der Waals surface area (Å²) in [4.78, 5) is 11.7. The van der Waals surface area contributed by atoms with E-state index < -0.39 is 0 Å². The third kappa shape index (κ3) is 5.65. The summed E-state index contributed by atoms with van der Waals surface area (Å²) < 4.78 is 10.3. The molecule has 0 bridgehead atoms. The van der Waals surface area contributed by atoms with Crippen LogP contribution in [-0.4, -0.2) is 41.8 Å². The van der Waals surface area contributed by atoms with Crippen LogP contribution < -0.4 is 10.1 Å². The van der Waals surface area contributed by atoms with Crippen molar-refractivity contribution in [2.45, 2.75) is 19.8 Å². The maximum Gasteiger partial charge on any atom is 0.322 e. The number of hydrogen-bond acceptors (Lipinski definition) is 6. The smallest absolute Gasteiger partial charge is 0.322 e. The van der Waals surface area contributed by atoms with E-state index in [1.165, 1.54) is 7.11 Å². The molecule has 0 aliphatic heterocycles. The zero-order chi connectivity index (χ0) is 12.5. The zero-order valence-electron chi connectivity index (χ0n) is 10.1. The third-order valence-electron chi connectivity index (χ3n) is 1.94. The van der Waals surface area contributed by atoms with Crippen LogP contribution in [0.25, 0.3) is 0 Å². The third-order valence-corrected chi connectivity index (χ3v) is 2.11. The Hall–Kier alpha value is -1.14. The molecule has 1 heterocycles. The number of rotatable bonds is 8. The fourth-order valence-electron chi connectivity index (χ4n) is 1.09. The molecule has 0 radical (unpaired) electrons. The summed E-state index contributed by atoms with van der Waals surface area (Å²) in [6.45, 7) is 4.12. The Balaban J connectivity index is 2.28. The fraction of sp³-hybridized carbons (Fsp3) is 0.700. The van der Waals surface area contributed by atoms with Crippen LogP contribution in [0.2, 0.25) is 5.28 Å². The Labute approximate surface area is 106 Å². The number of methoxy groups -OCH3 is 1. The number of aromatic nitrogens is 3. The van der Waals surface area contributed by atoms with E-state index in [1.807, 2.05) is 0 Å². The van der Waals surface area contributed by atoms with Gasteiger partial charge >= 0.3 is 6.01 Å². The van der Waals surface area contributed by atoms with Crippen molar-refractivity contribution in [2.75, 3.05) is 32.2 Å². The predicted molar refractivity (Wildman–Crippen MR) is 65.6 cm³/mol. The molecule has 0 spiro atoms. The van der Waals surface area contributed by atoms with Gasteiger partial charge in [-0.2, -0.15) is 15.0 Å². The molecule has 0 atom stereocenters. The van der Waals surface area contributed by atoms with Gasteiger partial charge in [0.1, 0.15) is 0 Å². The van der Waals surface area contributed by atoms with E-state index in [1.54, 1.807) is 0 Å². The van der Waals surface area contributed by atoms with Crippen molar-refractivity contribution in [3.63, 3.8) is 0 Å². The van der Waals surface area contributed by atoms with Gasteiger partial charge < -0.3 is 14.8 Å². The van der Waals surface area contributed by atoms with E-state index in [9.17, 15) is 0 Å². The Morgan fingerprint density at radius 3 is 2.76 bits per heavy atom. The molecule has 0 aliphatic carbocycles. The molecule has 0 saturated heterocycles. The summed E-state index contributed by atoms with van der Waals surface area (Å²) in [7, 11) is 1.48. The lowest BCUT2D eigenvalue weighted by Gasteiger charge is -2.06. The standard InChI is InChI=1S/C10H17ClN4O2/c1-3-4-6-17-7-5-12-9-13-8(11)14-10(15-9)16-2/h3-7H2,1-2H3,(H,12,13,14,15). The van der Waals surface area contributed by atoms with Gasteiger partial charge in [0, 0.05) is 13.2 Å². The SMILES string of the molecule is CCCCOCCNc1nc(Cl)nc(OC)n1. The number of ether oxygens (including phenoxy) is 2. The summed E-state index contributed by atoms with van der Waals surface area (Å²) >= 11 is 5.70. The summed E-state index contributed by atoms with van der Waals surface area (Å²) in [6, 6.07) is 0.194. The van der Waals surface area contributed by atoms with Gasteiger partial charge in [-0.05, 0) is 18.0 Å². The minimum absolute atomic E-state index is 0.103. The normalized spacial score (nSPS) is 10.3. The lowest BCUT2D eigenvalue weighted by atomic mass is 10.4. The minimum Gasteiger partial charge on any atom is -0.467 e. The van der Waals surface area contributed by atoms with Crippen molar-refractivity contribution in [1.29, 1.82) is 0 Å². The number of anilines is 1. The van der Waals surface area contributed by atoms with Crippen LogP contribution in [0.1, 0.15) is 19.8 Å². The fourth-order valence-corrected chi connectivity index (χ4v) is 1.24. The van der Waals surface area contributed by atoms with Gasteiger partial charge in [0.2, 0.25) is 11.2 Å². The van der Waals surface area contributed by atoms with Crippen molar-refractivity contribution in [1.82, 2.24) is 15.0 Å². The van der Waals surface area contributed by atoms with Crippen molar-refractivity contribution in [3.05, 3.63) is 5.28 Å². The highest BCUT2D eigenvalue weighted by Crippen LogP contribution is 2.10. The highest BCUT2D eigenvalue weighted by molar-refractivity contribution is 6.28. The minimum atomic E-state index is 0.103. The van der Waals surface area contributed by atoms with Crippen LogP contribution in [0.5, 0.6) is 6.01 Å². The largest absolute Gasteiger partial charge is 0.467 e. The Kier molecular flexibility index (Phi) is 6.57. The molecule has 6 nitrogen and oxygen atoms in total. The van der Waals surface area contributed by atoms with E-state index in [4.69, 9.17) is 21.1 Å². The van der Waals surface area contributed by atoms with E-state index >= 15 is 0 Å². The molecule has 0 aliphatic rings. The van der Waals surface area contributed by atoms with Gasteiger partial charge in [0.25, 0.3) is 0 Å². The Morgan fingerprint density at radius 1 is 1.24 bits per heavy atom. The monoisotopic (exact) mass is 260 g/mol. The van der Waals surface area contributed by atoms with Crippen LogP contribution in [0.4, 0.5) is 5.95 Å². The molecule has 17 heavy (non-hydrogen) atoms. The molecule has 1 rings (SSSR count). The first-order valence-corrected chi connectivity index (χ1v) is 5.91. The highest BCUT2D eigenvalue weighted by Gasteiger charge is 2.03. The number of unbranched alkanes of at least 4 members (excludes halogenated alkanes) is 1. The highest BCUT2D eigenvalue weighted by atomic mass is 35.5. The molecule has 0 aromatic carbocycles. The average Bonchev–Trinajstić information content (AvgIpc) is 2.33. The molecule has 0 fully saturated rings. The van der Waals surface area contributed by atoms with E-state index in [2.05, 4.69) is 27.2 Å². The second kappa shape index (κ2) is 8.03. The van der Waals surface area contributed by atoms with Crippen LogP contribution >= 0.6 is 11.6 Å². The van der Waals surface area contributed by atoms with Gasteiger partial charge in [0.05, 0.1) is 13.7 Å². The van der Waals surface area contributed by atoms with Crippen LogP contribution in [0, 0.1) is 0 Å². The quantitative estimate of drug-likeness (QED) is 0.719. The van der Waals surface area contributed by atoms with E-state index in [0.717, 1.165) is 19.4 Å². The van der Waals surface area contributed by atoms with Crippen LogP contribution in [-0.2, 0) is 4.74 Å². The maximum absolute atomic E-state index is 5.70. The van der Waals surface area contributed by atoms with E-state index in [-0.39, 0.29) is 11.3 Å². The topological polar surface area (TPSA) is 69.2 Å². The number of hydrogen-bond donors (Lipinski definition) is 1. The molecule has 96 valence electrons. The van der Waals surface area contributed by atoms with Gasteiger partial charge in [-0.1, -0.05) is 13.3 Å². The lowest BCUT2D eigenvalue weighted by Crippen LogP contribution is -2.12. The summed E-state index contributed by atoms with van der Waals surface area (Å²) in [5.74, 6) is 0.390. The lowest BCUT2D eigenvalue weighted by molar-refractivity contribution is 0.141. The molecule has 0 amide bonds. The second-order valence-corrected chi connectivity index (χ2v) is 3.65. The first-order valence-electron chi connectivity index (χ1n) is 5.53. The van der Waals surface area contributed by atoms with Crippen molar-refractivity contribution in [2.24, 2.45) is 0 Å². The molecule has 1 aromatic rings. The van der Waals surface area contributed by atoms with Gasteiger partial charge in [0.15, 0.2) is 0 Å². The number of halogens is 1. The zero-order valence-corrected chi connectivity index (χ0v) is 10.8.